The van der Waals surface area contributed by atoms with Gasteiger partial charge in [0.2, 0.25) is 0 Å². The fraction of sp³-hybridized carbons (Fsp3) is 0. The summed E-state index contributed by atoms with van der Waals surface area (Å²) >= 11 is 0. The van der Waals surface area contributed by atoms with Gasteiger partial charge in [0.15, 0.2) is 0 Å². The van der Waals surface area contributed by atoms with Crippen molar-refractivity contribution in [3.8, 4) is 0 Å². The molecule has 7 heteroatoms. The highest BCUT2D eigenvalue weighted by Crippen LogP contribution is 2.16. The minimum atomic E-state index is -0.548. The quantitative estimate of drug-likeness (QED) is 0.520. The number of benzene rings is 3. The third-order valence-corrected chi connectivity index (χ3v) is 3.76. The summed E-state index contributed by atoms with van der Waals surface area (Å²) in [5, 5.41) is 6.42. The highest BCUT2D eigenvalue weighted by Gasteiger charge is 2.14. The first-order valence-corrected chi connectivity index (χ1v) is 8.28. The molecule has 0 aliphatic heterocycles. The number of halogens is 2. The van der Waals surface area contributed by atoms with E-state index in [0.717, 1.165) is 6.07 Å². The third-order valence-electron chi connectivity index (χ3n) is 3.76. The molecule has 0 bridgehead atoms. The van der Waals surface area contributed by atoms with Crippen LogP contribution in [0.5, 0.6) is 0 Å². The van der Waals surface area contributed by atoms with Gasteiger partial charge in [-0.15, -0.1) is 0 Å². The van der Waals surface area contributed by atoms with E-state index in [4.69, 9.17) is 0 Å². The van der Waals surface area contributed by atoms with Crippen LogP contribution in [-0.2, 0) is 0 Å². The van der Waals surface area contributed by atoms with Gasteiger partial charge >= 0.3 is 0 Å². The number of amides is 2. The molecule has 28 heavy (non-hydrogen) atoms. The number of hydrazone groups is 1. The molecule has 2 N–H and O–H groups in total. The molecule has 0 unspecified atom stereocenters. The van der Waals surface area contributed by atoms with Crippen LogP contribution in [0.25, 0.3) is 0 Å². The molecule has 0 aromatic heterocycles. The predicted molar refractivity (Wildman–Crippen MR) is 102 cm³/mol. The Morgan fingerprint density at radius 1 is 0.821 bits per heavy atom. The molecule has 0 radical (unpaired) electrons. The Morgan fingerprint density at radius 2 is 1.57 bits per heavy atom. The number of nitrogens with zero attached hydrogens (tertiary/aromatic N) is 1. The average Bonchev–Trinajstić information content (AvgIpc) is 2.70. The van der Waals surface area contributed by atoms with Crippen molar-refractivity contribution in [3.63, 3.8) is 0 Å². The molecular formula is C21H15F2N3O2. The van der Waals surface area contributed by atoms with Crippen molar-refractivity contribution < 1.29 is 18.4 Å². The van der Waals surface area contributed by atoms with E-state index >= 15 is 0 Å². The van der Waals surface area contributed by atoms with E-state index in [-0.39, 0.29) is 22.6 Å². The summed E-state index contributed by atoms with van der Waals surface area (Å²) in [6.07, 6.45) is 1.37. The number of anilines is 1. The van der Waals surface area contributed by atoms with Gasteiger partial charge in [0.25, 0.3) is 11.8 Å². The molecule has 0 saturated heterocycles. The van der Waals surface area contributed by atoms with E-state index in [0.29, 0.717) is 5.56 Å². The smallest absolute Gasteiger partial charge is 0.273 e. The second-order valence-electron chi connectivity index (χ2n) is 5.76. The lowest BCUT2D eigenvalue weighted by Crippen LogP contribution is -2.21. The Morgan fingerprint density at radius 3 is 2.32 bits per heavy atom. The van der Waals surface area contributed by atoms with Crippen molar-refractivity contribution in [1.82, 2.24) is 5.43 Å². The SMILES string of the molecule is O=C(Nc1ccccc1C(=O)NN=Cc1ccc(F)cc1)c1cccc(F)c1. The summed E-state index contributed by atoms with van der Waals surface area (Å²) in [6.45, 7) is 0. The van der Waals surface area contributed by atoms with Crippen molar-refractivity contribution in [2.75, 3.05) is 5.32 Å². The third kappa shape index (κ3) is 4.85. The van der Waals surface area contributed by atoms with Crippen LogP contribution in [-0.4, -0.2) is 18.0 Å². The van der Waals surface area contributed by atoms with Crippen LogP contribution in [0.3, 0.4) is 0 Å². The van der Waals surface area contributed by atoms with Crippen molar-refractivity contribution >= 4 is 23.7 Å². The zero-order valence-corrected chi connectivity index (χ0v) is 14.5. The first-order chi connectivity index (χ1) is 13.5. The summed E-state index contributed by atoms with van der Waals surface area (Å²) in [7, 11) is 0. The summed E-state index contributed by atoms with van der Waals surface area (Å²) in [5.41, 5.74) is 3.52. The number of hydrogen-bond acceptors (Lipinski definition) is 3. The maximum atomic E-state index is 13.3. The largest absolute Gasteiger partial charge is 0.321 e. The summed E-state index contributed by atoms with van der Waals surface area (Å²) in [5.74, 6) is -2.00. The molecule has 0 aliphatic carbocycles. The fourth-order valence-electron chi connectivity index (χ4n) is 2.39. The molecule has 3 aromatic rings. The van der Waals surface area contributed by atoms with Crippen LogP contribution < -0.4 is 10.7 Å². The molecule has 0 atom stereocenters. The molecule has 2 amide bonds. The summed E-state index contributed by atoms with van der Waals surface area (Å²) in [6, 6.07) is 17.2. The highest BCUT2D eigenvalue weighted by molar-refractivity contribution is 6.09. The van der Waals surface area contributed by atoms with Gasteiger partial charge in [-0.3, -0.25) is 9.59 Å². The highest BCUT2D eigenvalue weighted by atomic mass is 19.1. The van der Waals surface area contributed by atoms with Crippen molar-refractivity contribution in [2.24, 2.45) is 5.10 Å². The first-order valence-electron chi connectivity index (χ1n) is 8.28. The van der Waals surface area contributed by atoms with Gasteiger partial charge in [-0.05, 0) is 48.0 Å². The van der Waals surface area contributed by atoms with Gasteiger partial charge in [-0.25, -0.2) is 14.2 Å². The van der Waals surface area contributed by atoms with Crippen molar-refractivity contribution in [1.29, 1.82) is 0 Å². The van der Waals surface area contributed by atoms with E-state index < -0.39 is 17.6 Å². The Bertz CT molecular complexity index is 1030. The molecule has 0 fully saturated rings. The number of nitrogens with one attached hydrogen (secondary N) is 2. The average molecular weight is 379 g/mol. The topological polar surface area (TPSA) is 70.6 Å². The van der Waals surface area contributed by atoms with Crippen LogP contribution in [0.15, 0.2) is 77.9 Å². The molecular weight excluding hydrogens is 364 g/mol. The molecule has 140 valence electrons. The molecule has 3 rings (SSSR count). The second kappa shape index (κ2) is 8.68. The van der Waals surface area contributed by atoms with Crippen molar-refractivity contribution in [2.45, 2.75) is 0 Å². The molecule has 3 aromatic carbocycles. The fourth-order valence-corrected chi connectivity index (χ4v) is 2.39. The van der Waals surface area contributed by atoms with Crippen LogP contribution in [0, 0.1) is 11.6 Å². The predicted octanol–water partition coefficient (Wildman–Crippen LogP) is 3.98. The van der Waals surface area contributed by atoms with Crippen molar-refractivity contribution in [3.05, 3.63) is 101 Å². The van der Waals surface area contributed by atoms with Gasteiger partial charge in [0, 0.05) is 5.56 Å². The second-order valence-corrected chi connectivity index (χ2v) is 5.76. The molecule has 0 aliphatic rings. The number of para-hydroxylation sites is 1. The minimum absolute atomic E-state index is 0.129. The standard InChI is InChI=1S/C21H15F2N3O2/c22-16-10-8-14(9-11-16)13-24-26-21(28)18-6-1-2-7-19(18)25-20(27)15-4-3-5-17(23)12-15/h1-13H,(H,25,27)(H,26,28). The summed E-state index contributed by atoms with van der Waals surface area (Å²) in [4.78, 5) is 24.7. The van der Waals surface area contributed by atoms with E-state index in [1.807, 2.05) is 0 Å². The normalized spacial score (nSPS) is 10.6. The maximum absolute atomic E-state index is 13.3. The van der Waals surface area contributed by atoms with Crippen LogP contribution in [0.4, 0.5) is 14.5 Å². The Kier molecular flexibility index (Phi) is 5.86. The molecule has 5 nitrogen and oxygen atoms in total. The zero-order chi connectivity index (χ0) is 19.9. The lowest BCUT2D eigenvalue weighted by atomic mass is 10.1. The Labute approximate surface area is 159 Å². The van der Waals surface area contributed by atoms with E-state index in [1.165, 1.54) is 54.7 Å². The number of carbonyl (C=O) groups is 2. The molecule has 0 heterocycles. The molecule has 0 spiro atoms. The zero-order valence-electron chi connectivity index (χ0n) is 14.5. The monoisotopic (exact) mass is 379 g/mol. The van der Waals surface area contributed by atoms with Crippen LogP contribution >= 0.6 is 0 Å². The Balaban J connectivity index is 1.71. The van der Waals surface area contributed by atoms with Gasteiger partial charge < -0.3 is 5.32 Å². The van der Waals surface area contributed by atoms with Gasteiger partial charge in [-0.2, -0.15) is 5.10 Å². The number of rotatable bonds is 5. The van der Waals surface area contributed by atoms with E-state index in [1.54, 1.807) is 18.2 Å². The van der Waals surface area contributed by atoms with Crippen LogP contribution in [0.2, 0.25) is 0 Å². The molecule has 0 saturated carbocycles. The van der Waals surface area contributed by atoms with Crippen LogP contribution in [0.1, 0.15) is 26.3 Å². The lowest BCUT2D eigenvalue weighted by Gasteiger charge is -2.10. The van der Waals surface area contributed by atoms with Gasteiger partial charge in [0.1, 0.15) is 11.6 Å². The van der Waals surface area contributed by atoms with Gasteiger partial charge in [0.05, 0.1) is 17.5 Å². The summed E-state index contributed by atoms with van der Waals surface area (Å²) < 4.78 is 26.2. The number of carbonyl (C=O) groups excluding carboxylic acids is 2. The first kappa shape index (κ1) is 18.9. The minimum Gasteiger partial charge on any atom is -0.321 e. The maximum Gasteiger partial charge on any atom is 0.273 e. The van der Waals surface area contributed by atoms with E-state index in [2.05, 4.69) is 15.8 Å². The number of hydrogen-bond donors (Lipinski definition) is 2. The Hall–Kier alpha value is -3.87. The van der Waals surface area contributed by atoms with Gasteiger partial charge in [-0.1, -0.05) is 30.3 Å². The van der Waals surface area contributed by atoms with E-state index in [9.17, 15) is 18.4 Å². The lowest BCUT2D eigenvalue weighted by molar-refractivity contribution is 0.0956.